The number of allylic oxidation sites excluding steroid dienone is 1. The number of hydrogen-bond donors (Lipinski definition) is 0. The molecule has 0 N–H and O–H groups in total. The van der Waals surface area contributed by atoms with E-state index in [1.165, 1.54) is 11.3 Å². The highest BCUT2D eigenvalue weighted by Gasteiger charge is 2.37. The Kier molecular flexibility index (Phi) is 2.70. The Morgan fingerprint density at radius 1 is 1.33 bits per heavy atom. The van der Waals surface area contributed by atoms with Crippen molar-refractivity contribution in [1.29, 1.82) is 0 Å². The van der Waals surface area contributed by atoms with Gasteiger partial charge in [0.15, 0.2) is 5.78 Å². The first-order chi connectivity index (χ1) is 8.58. The second kappa shape index (κ2) is 4.13. The van der Waals surface area contributed by atoms with Crippen LogP contribution in [-0.4, -0.2) is 11.8 Å². The number of carbonyl (C=O) groups is 1. The van der Waals surface area contributed by atoms with Gasteiger partial charge in [0.1, 0.15) is 0 Å². The zero-order chi connectivity index (χ0) is 12.9. The lowest BCUT2D eigenvalue weighted by Crippen LogP contribution is -2.46. The summed E-state index contributed by atoms with van der Waals surface area (Å²) in [7, 11) is 0. The molecular weight excluding hydrogens is 246 g/mol. The lowest BCUT2D eigenvalue weighted by molar-refractivity contribution is -0.118. The van der Waals surface area contributed by atoms with Gasteiger partial charge in [0.25, 0.3) is 0 Å². The predicted octanol–water partition coefficient (Wildman–Crippen LogP) is 3.75. The van der Waals surface area contributed by atoms with Crippen molar-refractivity contribution in [2.45, 2.75) is 32.2 Å². The number of halogens is 1. The van der Waals surface area contributed by atoms with Crippen molar-refractivity contribution >= 4 is 23.1 Å². The van der Waals surface area contributed by atoms with E-state index in [4.69, 9.17) is 11.6 Å². The van der Waals surface area contributed by atoms with Crippen LogP contribution in [0.1, 0.15) is 31.7 Å². The van der Waals surface area contributed by atoms with Crippen molar-refractivity contribution in [2.75, 3.05) is 4.90 Å². The van der Waals surface area contributed by atoms with E-state index < -0.39 is 0 Å². The summed E-state index contributed by atoms with van der Waals surface area (Å²) in [6.45, 7) is 4.24. The van der Waals surface area contributed by atoms with Crippen LogP contribution in [0.15, 0.2) is 30.5 Å². The fourth-order valence-corrected chi connectivity index (χ4v) is 3.25. The monoisotopic (exact) mass is 261 g/mol. The molecule has 18 heavy (non-hydrogen) atoms. The molecular formula is C15H16ClNO. The second-order valence-electron chi connectivity index (χ2n) is 5.32. The molecule has 0 radical (unpaired) electrons. The molecule has 1 aromatic carbocycles. The number of fused-ring (bicyclic) bond motifs is 3. The SMILES string of the molecule is C[C@@H]1C[C@H]2[C@H](C)C(=O)C=CN2c2ccc(Cl)cc21. The minimum absolute atomic E-state index is 0.0706. The molecule has 0 aliphatic carbocycles. The minimum Gasteiger partial charge on any atom is -0.344 e. The van der Waals surface area contributed by atoms with Crippen LogP contribution in [0, 0.1) is 5.92 Å². The average molecular weight is 262 g/mol. The maximum atomic E-state index is 11.8. The van der Waals surface area contributed by atoms with E-state index in [9.17, 15) is 4.79 Å². The molecule has 3 heteroatoms. The molecule has 0 saturated heterocycles. The van der Waals surface area contributed by atoms with Crippen molar-refractivity contribution < 1.29 is 4.79 Å². The molecule has 0 aromatic heterocycles. The van der Waals surface area contributed by atoms with Crippen LogP contribution in [0.25, 0.3) is 0 Å². The van der Waals surface area contributed by atoms with Crippen molar-refractivity contribution in [3.05, 3.63) is 41.1 Å². The molecule has 3 rings (SSSR count). The van der Waals surface area contributed by atoms with Gasteiger partial charge in [-0.15, -0.1) is 0 Å². The summed E-state index contributed by atoms with van der Waals surface area (Å²) < 4.78 is 0. The zero-order valence-electron chi connectivity index (χ0n) is 10.6. The minimum atomic E-state index is 0.0706. The van der Waals surface area contributed by atoms with Gasteiger partial charge in [-0.3, -0.25) is 4.79 Å². The van der Waals surface area contributed by atoms with Crippen LogP contribution in [0.5, 0.6) is 0 Å². The van der Waals surface area contributed by atoms with Gasteiger partial charge in [-0.1, -0.05) is 25.4 Å². The number of hydrogen-bond acceptors (Lipinski definition) is 2. The van der Waals surface area contributed by atoms with Gasteiger partial charge in [0.2, 0.25) is 0 Å². The molecule has 0 saturated carbocycles. The van der Waals surface area contributed by atoms with Crippen molar-refractivity contribution in [1.82, 2.24) is 0 Å². The Morgan fingerprint density at radius 3 is 2.89 bits per heavy atom. The third-order valence-corrected chi connectivity index (χ3v) is 4.41. The lowest BCUT2D eigenvalue weighted by atomic mass is 9.79. The van der Waals surface area contributed by atoms with E-state index in [2.05, 4.69) is 17.9 Å². The largest absolute Gasteiger partial charge is 0.344 e. The summed E-state index contributed by atoms with van der Waals surface area (Å²) in [6.07, 6.45) is 4.62. The van der Waals surface area contributed by atoms with E-state index >= 15 is 0 Å². The fraction of sp³-hybridized carbons (Fsp3) is 0.400. The molecule has 94 valence electrons. The third-order valence-electron chi connectivity index (χ3n) is 4.18. The molecule has 0 bridgehead atoms. The Bertz CT molecular complexity index is 537. The maximum Gasteiger partial charge on any atom is 0.162 e. The Morgan fingerprint density at radius 2 is 2.11 bits per heavy atom. The summed E-state index contributed by atoms with van der Waals surface area (Å²) in [5.41, 5.74) is 2.48. The van der Waals surface area contributed by atoms with Gasteiger partial charge >= 0.3 is 0 Å². The van der Waals surface area contributed by atoms with E-state index in [-0.39, 0.29) is 17.7 Å². The van der Waals surface area contributed by atoms with Gasteiger partial charge in [0.05, 0.1) is 0 Å². The van der Waals surface area contributed by atoms with E-state index in [0.29, 0.717) is 5.92 Å². The number of anilines is 1. The number of carbonyl (C=O) groups excluding carboxylic acids is 1. The highest BCUT2D eigenvalue weighted by molar-refractivity contribution is 6.30. The summed E-state index contributed by atoms with van der Waals surface area (Å²) in [5, 5.41) is 0.782. The smallest absolute Gasteiger partial charge is 0.162 e. The first kappa shape index (κ1) is 11.8. The van der Waals surface area contributed by atoms with E-state index in [0.717, 1.165) is 11.4 Å². The number of nitrogens with zero attached hydrogens (tertiary/aromatic N) is 1. The van der Waals surface area contributed by atoms with Crippen LogP contribution >= 0.6 is 11.6 Å². The number of rotatable bonds is 0. The standard InChI is InChI=1S/C15H16ClNO/c1-9-7-14-10(2)15(18)5-6-17(14)13-4-3-11(16)8-12(9)13/h3-6,8-10,14H,7H2,1-2H3/t9-,10+,14+/m1/s1. The first-order valence-corrected chi connectivity index (χ1v) is 6.75. The Labute approximate surface area is 112 Å². The van der Waals surface area contributed by atoms with Gasteiger partial charge in [-0.2, -0.15) is 0 Å². The van der Waals surface area contributed by atoms with E-state index in [1.54, 1.807) is 6.08 Å². The number of benzene rings is 1. The molecule has 0 amide bonds. The van der Waals surface area contributed by atoms with Crippen LogP contribution in [0.2, 0.25) is 5.02 Å². The van der Waals surface area contributed by atoms with Gasteiger partial charge < -0.3 is 4.90 Å². The molecule has 0 fully saturated rings. The number of ketones is 1. The normalized spacial score (nSPS) is 30.1. The molecule has 3 atom stereocenters. The van der Waals surface area contributed by atoms with Gasteiger partial charge in [-0.25, -0.2) is 0 Å². The van der Waals surface area contributed by atoms with Crippen LogP contribution in [0.4, 0.5) is 5.69 Å². The molecule has 2 nitrogen and oxygen atoms in total. The van der Waals surface area contributed by atoms with E-state index in [1.807, 2.05) is 25.3 Å². The third kappa shape index (κ3) is 1.67. The van der Waals surface area contributed by atoms with Gasteiger partial charge in [0, 0.05) is 28.9 Å². The maximum absolute atomic E-state index is 11.8. The van der Waals surface area contributed by atoms with Crippen LogP contribution in [0.3, 0.4) is 0 Å². The summed E-state index contributed by atoms with van der Waals surface area (Å²) in [4.78, 5) is 14.0. The fourth-order valence-electron chi connectivity index (χ4n) is 3.07. The quantitative estimate of drug-likeness (QED) is 0.709. The van der Waals surface area contributed by atoms with Gasteiger partial charge in [-0.05, 0) is 42.2 Å². The van der Waals surface area contributed by atoms with Crippen LogP contribution in [-0.2, 0) is 4.79 Å². The molecule has 2 heterocycles. The van der Waals surface area contributed by atoms with Crippen molar-refractivity contribution in [3.63, 3.8) is 0 Å². The van der Waals surface area contributed by atoms with Crippen LogP contribution < -0.4 is 4.90 Å². The predicted molar refractivity (Wildman–Crippen MR) is 74.1 cm³/mol. The summed E-state index contributed by atoms with van der Waals surface area (Å²) in [5.74, 6) is 0.754. The first-order valence-electron chi connectivity index (χ1n) is 6.38. The Hall–Kier alpha value is -1.28. The van der Waals surface area contributed by atoms with Crippen molar-refractivity contribution in [2.24, 2.45) is 5.92 Å². The van der Waals surface area contributed by atoms with Crippen molar-refractivity contribution in [3.8, 4) is 0 Å². The second-order valence-corrected chi connectivity index (χ2v) is 5.76. The zero-order valence-corrected chi connectivity index (χ0v) is 11.3. The Balaban J connectivity index is 2.12. The summed E-state index contributed by atoms with van der Waals surface area (Å²) >= 11 is 6.08. The molecule has 1 aromatic rings. The molecule has 2 aliphatic heterocycles. The molecule has 2 aliphatic rings. The molecule has 0 unspecified atom stereocenters. The lowest BCUT2D eigenvalue weighted by Gasteiger charge is -2.43. The summed E-state index contributed by atoms with van der Waals surface area (Å²) in [6, 6.07) is 6.32. The highest BCUT2D eigenvalue weighted by atomic mass is 35.5. The highest BCUT2D eigenvalue weighted by Crippen LogP contribution is 2.43. The molecule has 0 spiro atoms. The average Bonchev–Trinajstić information content (AvgIpc) is 2.35. The topological polar surface area (TPSA) is 20.3 Å².